The number of rotatable bonds is 7. The Morgan fingerprint density at radius 1 is 1.03 bits per heavy atom. The first-order chi connectivity index (χ1) is 15.5. The van der Waals surface area contributed by atoms with Gasteiger partial charge in [0.15, 0.2) is 0 Å². The number of anilines is 1. The number of para-hydroxylation sites is 1. The van der Waals surface area contributed by atoms with E-state index in [2.05, 4.69) is 10.3 Å². The van der Waals surface area contributed by atoms with Crippen molar-refractivity contribution in [2.75, 3.05) is 19.1 Å². The highest BCUT2D eigenvalue weighted by Crippen LogP contribution is 2.33. The van der Waals surface area contributed by atoms with E-state index in [9.17, 15) is 9.59 Å². The minimum Gasteiger partial charge on any atom is -0.469 e. The average Bonchev–Trinajstić information content (AvgIpc) is 3.50. The van der Waals surface area contributed by atoms with Crippen molar-refractivity contribution in [3.8, 4) is 11.4 Å². The van der Waals surface area contributed by atoms with Crippen LogP contribution in [0.25, 0.3) is 11.4 Å². The molecule has 174 valence electrons. The summed E-state index contributed by atoms with van der Waals surface area (Å²) in [5.74, 6) is -0.643. The molecule has 3 rings (SSSR count). The Balaban J connectivity index is 0.00000121. The highest BCUT2D eigenvalue weighted by Gasteiger charge is 2.29. The van der Waals surface area contributed by atoms with Crippen LogP contribution >= 0.6 is 0 Å². The van der Waals surface area contributed by atoms with Crippen LogP contribution in [0.15, 0.2) is 51.7 Å². The molecule has 2 heterocycles. The third kappa shape index (κ3) is 6.80. The van der Waals surface area contributed by atoms with Crippen molar-refractivity contribution in [1.29, 1.82) is 0 Å². The fourth-order valence-electron chi connectivity index (χ4n) is 2.99. The highest BCUT2D eigenvalue weighted by atomic mass is 16.5. The Morgan fingerprint density at radius 2 is 1.69 bits per heavy atom. The number of nitrogens with zero attached hydrogens (tertiary/aromatic N) is 3. The van der Waals surface area contributed by atoms with E-state index in [0.717, 1.165) is 5.69 Å². The molecule has 32 heavy (non-hydrogen) atoms. The van der Waals surface area contributed by atoms with Gasteiger partial charge in [0.1, 0.15) is 23.4 Å². The van der Waals surface area contributed by atoms with E-state index in [-0.39, 0.29) is 18.7 Å². The van der Waals surface area contributed by atoms with Crippen LogP contribution < -0.4 is 4.90 Å². The van der Waals surface area contributed by atoms with E-state index in [0.29, 0.717) is 22.7 Å². The van der Waals surface area contributed by atoms with E-state index >= 15 is 0 Å². The fourth-order valence-corrected chi connectivity index (χ4v) is 2.99. The summed E-state index contributed by atoms with van der Waals surface area (Å²) in [4.78, 5) is 26.3. The van der Waals surface area contributed by atoms with E-state index in [4.69, 9.17) is 13.8 Å². The van der Waals surface area contributed by atoms with Gasteiger partial charge in [0.2, 0.25) is 5.91 Å². The van der Waals surface area contributed by atoms with E-state index in [1.807, 2.05) is 65.0 Å². The van der Waals surface area contributed by atoms with Gasteiger partial charge in [-0.3, -0.25) is 9.59 Å². The number of hydrogen-bond donors (Lipinski definition) is 0. The van der Waals surface area contributed by atoms with Crippen LogP contribution in [0, 0.1) is 6.92 Å². The lowest BCUT2D eigenvalue weighted by molar-refractivity contribution is -0.141. The van der Waals surface area contributed by atoms with E-state index in [1.165, 1.54) is 13.4 Å². The van der Waals surface area contributed by atoms with Crippen molar-refractivity contribution in [2.45, 2.75) is 53.4 Å². The summed E-state index contributed by atoms with van der Waals surface area (Å²) in [6, 6.07) is 10.9. The molecule has 0 aliphatic heterocycles. The first-order valence-corrected chi connectivity index (χ1v) is 10.8. The van der Waals surface area contributed by atoms with Crippen LogP contribution in [0.4, 0.5) is 5.69 Å². The molecule has 0 saturated carbocycles. The van der Waals surface area contributed by atoms with Crippen molar-refractivity contribution in [2.24, 2.45) is 0 Å². The van der Waals surface area contributed by atoms with Crippen LogP contribution in [0.2, 0.25) is 0 Å². The summed E-state index contributed by atoms with van der Waals surface area (Å²) in [5.41, 5.74) is 2.51. The molecular weight excluding hydrogens is 410 g/mol. The molecule has 3 aromatic rings. The van der Waals surface area contributed by atoms with Crippen molar-refractivity contribution >= 4 is 17.6 Å². The summed E-state index contributed by atoms with van der Waals surface area (Å²) in [5, 5.41) is 7.91. The minimum absolute atomic E-state index is 0.000835. The molecule has 1 unspecified atom stereocenters. The molecular formula is C24H33N3O5. The maximum Gasteiger partial charge on any atom is 0.306 e. The summed E-state index contributed by atoms with van der Waals surface area (Å²) in [6.45, 7) is 9.81. The largest absolute Gasteiger partial charge is 0.469 e. The van der Waals surface area contributed by atoms with Crippen LogP contribution in [-0.4, -0.2) is 36.3 Å². The Bertz CT molecular complexity index is 936. The van der Waals surface area contributed by atoms with Gasteiger partial charge >= 0.3 is 5.97 Å². The number of hydrogen-bond acceptors (Lipinski definition) is 7. The quantitative estimate of drug-likeness (QED) is 0.451. The second-order valence-electron chi connectivity index (χ2n) is 6.37. The molecule has 2 aromatic heterocycles. The number of carbonyl (C=O) groups is 2. The maximum absolute atomic E-state index is 12.8. The summed E-state index contributed by atoms with van der Waals surface area (Å²) in [7, 11) is 3.01. The molecule has 8 heteroatoms. The molecule has 0 N–H and O–H groups in total. The normalized spacial score (nSPS) is 10.7. The molecule has 0 radical (unpaired) electrons. The third-order valence-electron chi connectivity index (χ3n) is 4.59. The van der Waals surface area contributed by atoms with E-state index < -0.39 is 11.9 Å². The fraction of sp³-hybridized carbons (Fsp3) is 0.417. The number of benzene rings is 1. The second-order valence-corrected chi connectivity index (χ2v) is 6.37. The van der Waals surface area contributed by atoms with Crippen molar-refractivity contribution in [3.05, 3.63) is 54.0 Å². The summed E-state index contributed by atoms with van der Waals surface area (Å²) in [6.07, 6.45) is 1.50. The lowest BCUT2D eigenvalue weighted by Crippen LogP contribution is -2.28. The van der Waals surface area contributed by atoms with Gasteiger partial charge in [0.05, 0.1) is 13.5 Å². The van der Waals surface area contributed by atoms with Crippen LogP contribution in [0.5, 0.6) is 0 Å². The Hall–Kier alpha value is -3.42. The zero-order chi connectivity index (χ0) is 24.1. The Kier molecular flexibility index (Phi) is 11.5. The van der Waals surface area contributed by atoms with Crippen LogP contribution in [0.1, 0.15) is 57.8 Å². The molecule has 1 atom stereocenters. The standard InChI is InChI=1S/C20H21N3O5.2C2H6/c1-13-19(16-9-10-27-21-16)22-28-20(13)14(12-18(25)26-3)11-17(24)23(2)15-7-5-4-6-8-15;2*1-2/h4-10,14H,11-12H2,1-3H3;2*1-2H3. The van der Waals surface area contributed by atoms with Gasteiger partial charge in [-0.15, -0.1) is 0 Å². The lowest BCUT2D eigenvalue weighted by atomic mass is 9.94. The van der Waals surface area contributed by atoms with Crippen molar-refractivity contribution < 1.29 is 23.4 Å². The van der Waals surface area contributed by atoms with E-state index in [1.54, 1.807) is 18.0 Å². The highest BCUT2D eigenvalue weighted by molar-refractivity contribution is 5.93. The van der Waals surface area contributed by atoms with Crippen LogP contribution in [-0.2, 0) is 14.3 Å². The number of esters is 1. The number of aromatic nitrogens is 2. The first kappa shape index (κ1) is 26.6. The minimum atomic E-state index is -0.515. The topological polar surface area (TPSA) is 98.7 Å². The van der Waals surface area contributed by atoms with Gasteiger partial charge in [0.25, 0.3) is 0 Å². The van der Waals surface area contributed by atoms with Crippen molar-refractivity contribution in [1.82, 2.24) is 10.3 Å². The monoisotopic (exact) mass is 443 g/mol. The zero-order valence-corrected chi connectivity index (χ0v) is 19.9. The molecule has 1 amide bonds. The van der Waals surface area contributed by atoms with Crippen LogP contribution in [0.3, 0.4) is 0 Å². The van der Waals surface area contributed by atoms with Gasteiger partial charge in [-0.05, 0) is 19.1 Å². The molecule has 0 saturated heterocycles. The van der Waals surface area contributed by atoms with Gasteiger partial charge in [0, 0.05) is 36.7 Å². The summed E-state index contributed by atoms with van der Waals surface area (Å²) < 4.78 is 15.2. The van der Waals surface area contributed by atoms with Gasteiger partial charge in [-0.1, -0.05) is 56.2 Å². The number of methoxy groups -OCH3 is 1. The number of ether oxygens (including phenoxy) is 1. The molecule has 8 nitrogen and oxygen atoms in total. The Morgan fingerprint density at radius 3 is 2.25 bits per heavy atom. The molecule has 0 fully saturated rings. The Labute approximate surface area is 189 Å². The predicted molar refractivity (Wildman–Crippen MR) is 123 cm³/mol. The predicted octanol–water partition coefficient (Wildman–Crippen LogP) is 5.39. The van der Waals surface area contributed by atoms with Crippen molar-refractivity contribution in [3.63, 3.8) is 0 Å². The molecule has 0 aliphatic carbocycles. The SMILES string of the molecule is CC.CC.COC(=O)CC(CC(=O)N(C)c1ccccc1)c1onc(-c2ccon2)c1C. The lowest BCUT2D eigenvalue weighted by Gasteiger charge is -2.20. The molecule has 0 aliphatic rings. The second kappa shape index (κ2) is 13.8. The average molecular weight is 444 g/mol. The molecule has 1 aromatic carbocycles. The summed E-state index contributed by atoms with van der Waals surface area (Å²) >= 11 is 0. The third-order valence-corrected chi connectivity index (χ3v) is 4.59. The van der Waals surface area contributed by atoms with Gasteiger partial charge in [-0.2, -0.15) is 0 Å². The maximum atomic E-state index is 12.8. The molecule has 0 bridgehead atoms. The molecule has 0 spiro atoms. The smallest absolute Gasteiger partial charge is 0.306 e. The van der Waals surface area contributed by atoms with Gasteiger partial charge < -0.3 is 18.7 Å². The number of amides is 1. The zero-order valence-electron chi connectivity index (χ0n) is 19.9. The van der Waals surface area contributed by atoms with Gasteiger partial charge in [-0.25, -0.2) is 0 Å². The first-order valence-electron chi connectivity index (χ1n) is 10.8. The number of carbonyl (C=O) groups excluding carboxylic acids is 2.